The normalized spacial score (nSPS) is 18.1. The number of allylic oxidation sites excluding steroid dienone is 1. The van der Waals surface area contributed by atoms with Crippen LogP contribution < -0.4 is 46.2 Å². The molecule has 0 saturated heterocycles. The number of fused-ring (bicyclic) bond motifs is 4. The fourth-order valence-electron chi connectivity index (χ4n) is 6.66. The maximum absolute atomic E-state index is 14.6. The number of carbonyl (C=O) groups excluding carboxylic acids is 5. The molecule has 5 amide bonds. The third-order valence-electron chi connectivity index (χ3n) is 10.1. The molecule has 60 heavy (non-hydrogen) atoms. The first-order valence-electron chi connectivity index (χ1n) is 18.8. The number of carbonyl (C=O) groups is 5. The molecule has 6 atom stereocenters. The second-order valence-corrected chi connectivity index (χ2v) is 15.8. The summed E-state index contributed by atoms with van der Waals surface area (Å²) in [4.78, 5) is 79.4. The van der Waals surface area contributed by atoms with E-state index in [4.69, 9.17) is 14.3 Å². The first-order chi connectivity index (χ1) is 28.3. The lowest BCUT2D eigenvalue weighted by Crippen LogP contribution is -2.57. The maximum Gasteiger partial charge on any atom is 0.415 e. The molecule has 0 fully saturated rings. The van der Waals surface area contributed by atoms with Gasteiger partial charge >= 0.3 is 6.09 Å². The van der Waals surface area contributed by atoms with E-state index in [0.717, 1.165) is 6.07 Å². The Hall–Kier alpha value is -6.23. The van der Waals surface area contributed by atoms with Crippen LogP contribution in [0.25, 0.3) is 0 Å². The van der Waals surface area contributed by atoms with Gasteiger partial charge in [0.1, 0.15) is 17.8 Å². The summed E-state index contributed by atoms with van der Waals surface area (Å²) in [5, 5.41) is 9.80. The van der Waals surface area contributed by atoms with Crippen molar-refractivity contribution in [2.45, 2.75) is 76.7 Å². The van der Waals surface area contributed by atoms with Gasteiger partial charge in [0.15, 0.2) is 22.7 Å². The molecular weight excluding hydrogens is 805 g/mol. The third kappa shape index (κ3) is 9.46. The number of hydrogen-bond donors (Lipinski definition) is 6. The zero-order valence-electron chi connectivity index (χ0n) is 34.5. The maximum atomic E-state index is 14.6. The van der Waals surface area contributed by atoms with Crippen molar-refractivity contribution in [2.75, 3.05) is 36.3 Å². The van der Waals surface area contributed by atoms with Crippen LogP contribution in [-0.2, 0) is 42.7 Å². The van der Waals surface area contributed by atoms with Gasteiger partial charge in [0.2, 0.25) is 11.8 Å². The number of aryl methyl sites for hydroxylation is 1. The number of amides is 5. The molecule has 2 aromatic carbocycles. The molecule has 0 bridgehead atoms. The third-order valence-corrected chi connectivity index (χ3v) is 11.3. The van der Waals surface area contributed by atoms with E-state index in [1.165, 1.54) is 63.3 Å². The monoisotopic (exact) mass is 854 g/mol. The SMILES string of the molecule is C/C=C(/C(=O)Nc1cn(C)cn1)N(C)NOc1cc2c(cc1OC)C(=O)N1c3ccccc3C[C@H]1[C@@H](S(=O)(=O)O)N2C(=O)O[C@H](C)C(C)NC(=O)[C@@H](C)NC(=O)[C@@H](C)NC. The van der Waals surface area contributed by atoms with Crippen LogP contribution in [0.3, 0.4) is 0 Å². The number of aromatic nitrogens is 2. The largest absolute Gasteiger partial charge is 0.493 e. The summed E-state index contributed by atoms with van der Waals surface area (Å²) in [6.07, 6.45) is 2.10. The zero-order chi connectivity index (χ0) is 44.2. The van der Waals surface area contributed by atoms with Gasteiger partial charge in [-0.2, -0.15) is 8.42 Å². The Kier molecular flexibility index (Phi) is 13.7. The fourth-order valence-corrected chi connectivity index (χ4v) is 7.74. The molecule has 324 valence electrons. The highest BCUT2D eigenvalue weighted by Gasteiger charge is 2.53. The lowest BCUT2D eigenvalue weighted by Gasteiger charge is -2.34. The van der Waals surface area contributed by atoms with Crippen LogP contribution in [0.4, 0.5) is 22.0 Å². The number of benzene rings is 2. The van der Waals surface area contributed by atoms with Crippen LogP contribution >= 0.6 is 0 Å². The van der Waals surface area contributed by atoms with E-state index >= 15 is 0 Å². The molecule has 0 spiro atoms. The minimum Gasteiger partial charge on any atom is -0.493 e. The molecule has 3 aromatic rings. The number of imidazole rings is 1. The molecule has 2 aliphatic heterocycles. The second kappa shape index (κ2) is 18.4. The lowest BCUT2D eigenvalue weighted by atomic mass is 10.1. The number of nitrogens with one attached hydrogen (secondary N) is 5. The molecule has 2 aliphatic rings. The Bertz CT molecular complexity index is 2280. The summed E-state index contributed by atoms with van der Waals surface area (Å²) in [5.41, 5.74) is 3.08. The Balaban J connectivity index is 1.51. The lowest BCUT2D eigenvalue weighted by molar-refractivity contribution is -0.130. The number of hydrogen-bond acceptors (Lipinski definition) is 14. The first kappa shape index (κ1) is 44.9. The zero-order valence-corrected chi connectivity index (χ0v) is 35.4. The molecule has 6 N–H and O–H groups in total. The Morgan fingerprint density at radius 2 is 1.70 bits per heavy atom. The fraction of sp³-hybridized carbons (Fsp3) is 0.421. The Labute approximate surface area is 347 Å². The van der Waals surface area contributed by atoms with Crippen LogP contribution in [0.1, 0.15) is 50.5 Å². The number of para-hydroxylation sites is 1. The topological polar surface area (TPSA) is 255 Å². The summed E-state index contributed by atoms with van der Waals surface area (Å²) < 4.78 is 51.0. The van der Waals surface area contributed by atoms with Crippen molar-refractivity contribution >= 4 is 57.0 Å². The molecule has 0 aliphatic carbocycles. The van der Waals surface area contributed by atoms with Gasteiger partial charge < -0.3 is 45.0 Å². The predicted molar refractivity (Wildman–Crippen MR) is 218 cm³/mol. The van der Waals surface area contributed by atoms with Gasteiger partial charge in [-0.15, -0.1) is 0 Å². The van der Waals surface area contributed by atoms with Crippen molar-refractivity contribution in [1.29, 1.82) is 0 Å². The minimum absolute atomic E-state index is 0.0411. The number of nitrogens with zero attached hydrogens (tertiary/aromatic N) is 5. The van der Waals surface area contributed by atoms with Crippen molar-refractivity contribution in [2.24, 2.45) is 7.05 Å². The summed E-state index contributed by atoms with van der Waals surface area (Å²) in [6, 6.07) is 5.33. The van der Waals surface area contributed by atoms with Gasteiger partial charge in [-0.05, 0) is 65.8 Å². The predicted octanol–water partition coefficient (Wildman–Crippen LogP) is 1.45. The number of likely N-dealkylation sites (N-methyl/N-ethyl adjacent to an activating group) is 2. The van der Waals surface area contributed by atoms with Gasteiger partial charge in [-0.1, -0.05) is 29.9 Å². The molecule has 0 radical (unpaired) electrons. The molecule has 1 aromatic heterocycles. The van der Waals surface area contributed by atoms with E-state index in [0.29, 0.717) is 22.0 Å². The average Bonchev–Trinajstić information content (AvgIpc) is 3.76. The average molecular weight is 855 g/mol. The highest BCUT2D eigenvalue weighted by molar-refractivity contribution is 7.86. The highest BCUT2D eigenvalue weighted by atomic mass is 32.2. The van der Waals surface area contributed by atoms with Gasteiger partial charge in [0.05, 0.1) is 42.8 Å². The summed E-state index contributed by atoms with van der Waals surface area (Å²) in [7, 11) is 0.865. The minimum atomic E-state index is -5.23. The van der Waals surface area contributed by atoms with Crippen LogP contribution in [0.5, 0.6) is 11.5 Å². The van der Waals surface area contributed by atoms with E-state index in [1.54, 1.807) is 63.0 Å². The number of ether oxygens (including phenoxy) is 2. The Morgan fingerprint density at radius 1 is 1.02 bits per heavy atom. The molecule has 5 rings (SSSR count). The van der Waals surface area contributed by atoms with Crippen LogP contribution in [0, 0.1) is 0 Å². The second-order valence-electron chi connectivity index (χ2n) is 14.3. The first-order valence-corrected chi connectivity index (χ1v) is 20.3. The van der Waals surface area contributed by atoms with Crippen LogP contribution in [0.15, 0.2) is 60.7 Å². The number of anilines is 3. The van der Waals surface area contributed by atoms with Crippen molar-refractivity contribution in [3.05, 3.63) is 71.8 Å². The van der Waals surface area contributed by atoms with E-state index < -0.39 is 75.5 Å². The molecular formula is C38H50N10O11S. The van der Waals surface area contributed by atoms with Crippen molar-refractivity contribution < 1.29 is 51.3 Å². The molecule has 22 heteroatoms. The van der Waals surface area contributed by atoms with Crippen LogP contribution in [-0.4, -0.2) is 114 Å². The van der Waals surface area contributed by atoms with Crippen molar-refractivity contribution in [1.82, 2.24) is 36.1 Å². The molecule has 1 unspecified atom stereocenters. The van der Waals surface area contributed by atoms with Gasteiger partial charge in [0, 0.05) is 32.0 Å². The van der Waals surface area contributed by atoms with E-state index in [-0.39, 0.29) is 34.9 Å². The molecule has 21 nitrogen and oxygen atoms in total. The number of methoxy groups -OCH3 is 1. The van der Waals surface area contributed by atoms with Crippen molar-refractivity contribution in [3.63, 3.8) is 0 Å². The summed E-state index contributed by atoms with van der Waals surface area (Å²) in [5.74, 6) is -2.22. The number of hydrazine groups is 1. The standard InChI is InChI=1S/C38H50N10O11S/c1-10-26(35(51)43-32-18-45(7)19-40-32)46(8)44-59-31-17-28-25(16-30(31)57-9)36(52)47-27-14-12-11-13-24(27)15-29(47)37(60(54,55)56)48(28)38(53)58-23(5)20(2)41-34(50)22(4)42-33(49)21(3)39-6/h10-14,16-23,29,37,39,44H,15H2,1-9H3,(H,41,50)(H,42,49)(H,43,51)(H,54,55,56)/b26-10-/t20?,21-,22-,23-,29+,37-/m1/s1. The molecule has 0 saturated carbocycles. The summed E-state index contributed by atoms with van der Waals surface area (Å²) >= 11 is 0. The van der Waals surface area contributed by atoms with Crippen molar-refractivity contribution in [3.8, 4) is 11.5 Å². The van der Waals surface area contributed by atoms with E-state index in [9.17, 15) is 36.9 Å². The highest BCUT2D eigenvalue weighted by Crippen LogP contribution is 2.45. The van der Waals surface area contributed by atoms with Gasteiger partial charge in [0.25, 0.3) is 21.9 Å². The van der Waals surface area contributed by atoms with Gasteiger partial charge in [-0.25, -0.2) is 9.78 Å². The number of rotatable bonds is 15. The van der Waals surface area contributed by atoms with Crippen LogP contribution in [0.2, 0.25) is 0 Å². The smallest absolute Gasteiger partial charge is 0.415 e. The molecule has 3 heterocycles. The summed E-state index contributed by atoms with van der Waals surface area (Å²) in [6.45, 7) is 7.69. The van der Waals surface area contributed by atoms with E-state index in [1.807, 2.05) is 0 Å². The van der Waals surface area contributed by atoms with E-state index in [2.05, 4.69) is 31.8 Å². The quantitative estimate of drug-likeness (QED) is 0.0719. The van der Waals surface area contributed by atoms with Gasteiger partial charge in [-0.3, -0.25) is 33.6 Å². The Morgan fingerprint density at radius 3 is 2.32 bits per heavy atom.